The van der Waals surface area contributed by atoms with Crippen LogP contribution in [0.1, 0.15) is 27.7 Å². The average Bonchev–Trinajstić information content (AvgIpc) is 3.13. The summed E-state index contributed by atoms with van der Waals surface area (Å²) in [5.41, 5.74) is 7.35. The summed E-state index contributed by atoms with van der Waals surface area (Å²) in [5.74, 6) is -0.901. The fourth-order valence-corrected chi connectivity index (χ4v) is 3.73. The summed E-state index contributed by atoms with van der Waals surface area (Å²) in [6.07, 6.45) is 1.78. The summed E-state index contributed by atoms with van der Waals surface area (Å²) in [6, 6.07) is 11.7. The average molecular weight is 399 g/mol. The molecule has 7 heteroatoms. The highest BCUT2D eigenvalue weighted by Gasteiger charge is 2.32. The first-order chi connectivity index (χ1) is 13.5. The van der Waals surface area contributed by atoms with Crippen LogP contribution >= 0.6 is 11.6 Å². The maximum atomic E-state index is 15.2. The number of methoxy groups -OCH3 is 1. The Morgan fingerprint density at radius 3 is 2.75 bits per heavy atom. The van der Waals surface area contributed by atoms with Gasteiger partial charge in [0.05, 0.1) is 18.4 Å². The van der Waals surface area contributed by atoms with Gasteiger partial charge in [-0.3, -0.25) is 9.78 Å². The molecule has 1 amide bonds. The molecule has 3 aromatic rings. The van der Waals surface area contributed by atoms with Crippen molar-refractivity contribution in [1.82, 2.24) is 4.98 Å². The summed E-state index contributed by atoms with van der Waals surface area (Å²) >= 11 is 6.45. The van der Waals surface area contributed by atoms with Crippen LogP contribution in [0.4, 0.5) is 4.39 Å². The van der Waals surface area contributed by atoms with Gasteiger partial charge < -0.3 is 15.2 Å². The van der Waals surface area contributed by atoms with E-state index >= 15 is 4.39 Å². The van der Waals surface area contributed by atoms with Crippen LogP contribution in [-0.4, -0.2) is 18.0 Å². The number of benzene rings is 2. The first kappa shape index (κ1) is 18.3. The molecule has 0 bridgehead atoms. The molecule has 0 spiro atoms. The zero-order chi connectivity index (χ0) is 19.8. The smallest absolute Gasteiger partial charge is 0.249 e. The van der Waals surface area contributed by atoms with Crippen molar-refractivity contribution in [2.45, 2.75) is 12.5 Å². The molecule has 1 aromatic heterocycles. The summed E-state index contributed by atoms with van der Waals surface area (Å²) in [6.45, 7) is 0. The van der Waals surface area contributed by atoms with Gasteiger partial charge in [0.15, 0.2) is 11.6 Å². The molecule has 0 fully saturated rings. The topological polar surface area (TPSA) is 74.4 Å². The summed E-state index contributed by atoms with van der Waals surface area (Å²) < 4.78 is 26.3. The molecule has 0 radical (unpaired) electrons. The molecule has 2 N–H and O–H groups in total. The SMILES string of the molecule is COc1ccc(C(N)=O)c(-c2c(Cl)ccc3c2CC(c2ccccn2)O3)c1F. The second kappa shape index (κ2) is 7.13. The van der Waals surface area contributed by atoms with Gasteiger partial charge in [0, 0.05) is 34.3 Å². The molecular formula is C21H16ClFN2O3. The molecule has 0 saturated heterocycles. The Kier molecular flexibility index (Phi) is 4.65. The summed E-state index contributed by atoms with van der Waals surface area (Å²) in [4.78, 5) is 16.3. The van der Waals surface area contributed by atoms with Crippen LogP contribution in [0.15, 0.2) is 48.7 Å². The molecule has 0 aliphatic carbocycles. The number of hydrogen-bond acceptors (Lipinski definition) is 4. The van der Waals surface area contributed by atoms with Crippen LogP contribution in [0, 0.1) is 5.82 Å². The number of fused-ring (bicyclic) bond motifs is 1. The van der Waals surface area contributed by atoms with E-state index in [2.05, 4.69) is 4.98 Å². The van der Waals surface area contributed by atoms with Crippen LogP contribution < -0.4 is 15.2 Å². The number of carbonyl (C=O) groups excluding carboxylic acids is 1. The zero-order valence-electron chi connectivity index (χ0n) is 14.9. The van der Waals surface area contributed by atoms with E-state index in [9.17, 15) is 4.79 Å². The number of amides is 1. The maximum Gasteiger partial charge on any atom is 0.249 e. The minimum absolute atomic E-state index is 0.00568. The van der Waals surface area contributed by atoms with Gasteiger partial charge in [0.25, 0.3) is 0 Å². The maximum absolute atomic E-state index is 15.2. The van der Waals surface area contributed by atoms with Gasteiger partial charge in [0.1, 0.15) is 11.9 Å². The van der Waals surface area contributed by atoms with Gasteiger partial charge >= 0.3 is 0 Å². The Balaban J connectivity index is 1.91. The largest absolute Gasteiger partial charge is 0.494 e. The lowest BCUT2D eigenvalue weighted by Crippen LogP contribution is -2.14. The van der Waals surface area contributed by atoms with Crippen molar-refractivity contribution in [2.24, 2.45) is 5.73 Å². The van der Waals surface area contributed by atoms with Gasteiger partial charge in [-0.1, -0.05) is 17.7 Å². The van der Waals surface area contributed by atoms with Crippen molar-refractivity contribution < 1.29 is 18.7 Å². The van der Waals surface area contributed by atoms with E-state index < -0.39 is 11.7 Å². The van der Waals surface area contributed by atoms with E-state index in [1.807, 2.05) is 18.2 Å². The molecule has 1 aliphatic heterocycles. The van der Waals surface area contributed by atoms with Crippen molar-refractivity contribution >= 4 is 17.5 Å². The van der Waals surface area contributed by atoms with Crippen molar-refractivity contribution in [1.29, 1.82) is 0 Å². The second-order valence-corrected chi connectivity index (χ2v) is 6.74. The molecular weight excluding hydrogens is 383 g/mol. The number of halogens is 2. The number of primary amides is 1. The molecule has 1 aliphatic rings. The lowest BCUT2D eigenvalue weighted by molar-refractivity contribution is 0.100. The molecule has 1 unspecified atom stereocenters. The van der Waals surface area contributed by atoms with E-state index in [0.717, 1.165) is 5.69 Å². The fraction of sp³-hybridized carbons (Fsp3) is 0.143. The molecule has 142 valence electrons. The Hall–Kier alpha value is -3.12. The van der Waals surface area contributed by atoms with Crippen molar-refractivity contribution in [3.05, 3.63) is 76.3 Å². The molecule has 4 rings (SSSR count). The molecule has 2 aromatic carbocycles. The number of carbonyl (C=O) groups is 1. The lowest BCUT2D eigenvalue weighted by Gasteiger charge is -2.15. The van der Waals surface area contributed by atoms with E-state index in [1.54, 1.807) is 18.3 Å². The van der Waals surface area contributed by atoms with Gasteiger partial charge in [-0.25, -0.2) is 4.39 Å². The third kappa shape index (κ3) is 2.96. The van der Waals surface area contributed by atoms with Crippen molar-refractivity contribution in [2.75, 3.05) is 7.11 Å². The third-order valence-electron chi connectivity index (χ3n) is 4.74. The standard InChI is InChI=1S/C21H16ClFN2O3/c1-27-16-7-5-11(21(24)26)19(20(16)23)18-12-10-17(14-4-2-3-9-25-14)28-15(12)8-6-13(18)22/h2-9,17H,10H2,1H3,(H2,24,26). The van der Waals surface area contributed by atoms with E-state index in [4.69, 9.17) is 26.8 Å². The zero-order valence-corrected chi connectivity index (χ0v) is 15.7. The summed E-state index contributed by atoms with van der Waals surface area (Å²) in [5, 5.41) is 0.290. The van der Waals surface area contributed by atoms with Gasteiger partial charge in [0.2, 0.25) is 5.91 Å². The lowest BCUT2D eigenvalue weighted by atomic mass is 9.91. The van der Waals surface area contributed by atoms with E-state index in [0.29, 0.717) is 28.3 Å². The minimum atomic E-state index is -0.759. The van der Waals surface area contributed by atoms with Crippen LogP contribution in [0.3, 0.4) is 0 Å². The van der Waals surface area contributed by atoms with Gasteiger partial charge in [-0.05, 0) is 36.4 Å². The highest BCUT2D eigenvalue weighted by molar-refractivity contribution is 6.34. The number of nitrogens with zero attached hydrogens (tertiary/aromatic N) is 1. The molecule has 2 heterocycles. The first-order valence-corrected chi connectivity index (χ1v) is 8.94. The highest BCUT2D eigenvalue weighted by atomic mass is 35.5. The molecule has 28 heavy (non-hydrogen) atoms. The van der Waals surface area contributed by atoms with Crippen LogP contribution in [0.25, 0.3) is 11.1 Å². The minimum Gasteiger partial charge on any atom is -0.494 e. The summed E-state index contributed by atoms with van der Waals surface area (Å²) in [7, 11) is 1.35. The number of rotatable bonds is 4. The second-order valence-electron chi connectivity index (χ2n) is 6.33. The van der Waals surface area contributed by atoms with Crippen LogP contribution in [0.5, 0.6) is 11.5 Å². The predicted octanol–water partition coefficient (Wildman–Crippen LogP) is 4.32. The first-order valence-electron chi connectivity index (χ1n) is 8.57. The Bertz CT molecular complexity index is 1070. The molecule has 1 atom stereocenters. The monoisotopic (exact) mass is 398 g/mol. The van der Waals surface area contributed by atoms with Gasteiger partial charge in [-0.2, -0.15) is 0 Å². The van der Waals surface area contributed by atoms with Crippen molar-refractivity contribution in [3.8, 4) is 22.6 Å². The Morgan fingerprint density at radius 2 is 2.07 bits per heavy atom. The molecule has 5 nitrogen and oxygen atoms in total. The predicted molar refractivity (Wildman–Crippen MR) is 103 cm³/mol. The molecule has 0 saturated carbocycles. The quantitative estimate of drug-likeness (QED) is 0.710. The van der Waals surface area contributed by atoms with E-state index in [1.165, 1.54) is 19.2 Å². The number of ether oxygens (including phenoxy) is 2. The highest BCUT2D eigenvalue weighted by Crippen LogP contribution is 2.47. The van der Waals surface area contributed by atoms with Crippen LogP contribution in [-0.2, 0) is 6.42 Å². The number of nitrogens with two attached hydrogens (primary N) is 1. The fourth-order valence-electron chi connectivity index (χ4n) is 3.46. The van der Waals surface area contributed by atoms with Crippen LogP contribution in [0.2, 0.25) is 5.02 Å². The van der Waals surface area contributed by atoms with E-state index in [-0.39, 0.29) is 23.0 Å². The number of hydrogen-bond donors (Lipinski definition) is 1. The Morgan fingerprint density at radius 1 is 1.25 bits per heavy atom. The number of aromatic nitrogens is 1. The Labute approximate surface area is 165 Å². The van der Waals surface area contributed by atoms with Gasteiger partial charge in [-0.15, -0.1) is 0 Å². The number of pyridine rings is 1. The third-order valence-corrected chi connectivity index (χ3v) is 5.05. The normalized spacial score (nSPS) is 15.0. The van der Waals surface area contributed by atoms with Crippen molar-refractivity contribution in [3.63, 3.8) is 0 Å².